The first kappa shape index (κ1) is 18.4. The van der Waals surface area contributed by atoms with E-state index in [1.807, 2.05) is 6.07 Å². The summed E-state index contributed by atoms with van der Waals surface area (Å²) in [5.74, 6) is 0. The fourth-order valence-corrected chi connectivity index (χ4v) is 4.56. The van der Waals surface area contributed by atoms with Crippen molar-refractivity contribution in [2.75, 3.05) is 37.1 Å². The lowest BCUT2D eigenvalue weighted by molar-refractivity contribution is 0.284. The van der Waals surface area contributed by atoms with E-state index >= 15 is 0 Å². The number of hydrogen-bond acceptors (Lipinski definition) is 3. The molecule has 0 fully saturated rings. The molecule has 0 atom stereocenters. The zero-order chi connectivity index (χ0) is 15.2. The normalized spacial score (nSPS) is 11.0. The molecule has 0 unspecified atom stereocenters. The van der Waals surface area contributed by atoms with E-state index in [1.165, 1.54) is 30.9 Å². The first-order valence-electron chi connectivity index (χ1n) is 8.10. The van der Waals surface area contributed by atoms with E-state index in [-0.39, 0.29) is 7.92 Å². The van der Waals surface area contributed by atoms with E-state index in [0.29, 0.717) is 13.2 Å². The Morgan fingerprint density at radius 2 is 1.33 bits per heavy atom. The maximum Gasteiger partial charge on any atom is 0.0431 e. The molecule has 0 saturated heterocycles. The van der Waals surface area contributed by atoms with Crippen LogP contribution in [0.3, 0.4) is 0 Å². The molecular formula is C17H30NO2P. The Bertz CT molecular complexity index is 323. The zero-order valence-corrected chi connectivity index (χ0v) is 13.9. The van der Waals surface area contributed by atoms with Gasteiger partial charge in [-0.15, -0.1) is 0 Å². The molecule has 1 aromatic carbocycles. The van der Waals surface area contributed by atoms with Crippen molar-refractivity contribution in [2.45, 2.75) is 38.5 Å². The van der Waals surface area contributed by atoms with Gasteiger partial charge in [-0.1, -0.05) is 39.0 Å². The molecule has 0 bridgehead atoms. The summed E-state index contributed by atoms with van der Waals surface area (Å²) >= 11 is 0. The zero-order valence-electron chi connectivity index (χ0n) is 13.0. The van der Waals surface area contributed by atoms with E-state index in [9.17, 15) is 0 Å². The molecule has 0 aliphatic carbocycles. The van der Waals surface area contributed by atoms with Crippen molar-refractivity contribution in [3.8, 4) is 0 Å². The molecule has 3 N–H and O–H groups in total. The maximum atomic E-state index is 8.85. The van der Waals surface area contributed by atoms with Crippen molar-refractivity contribution >= 4 is 13.6 Å². The van der Waals surface area contributed by atoms with Crippen molar-refractivity contribution in [1.29, 1.82) is 0 Å². The molecule has 21 heavy (non-hydrogen) atoms. The van der Waals surface area contributed by atoms with Gasteiger partial charge in [-0.05, 0) is 50.1 Å². The van der Waals surface area contributed by atoms with Gasteiger partial charge in [0, 0.05) is 25.2 Å². The second kappa shape index (κ2) is 13.1. The predicted octanol–water partition coefficient (Wildman–Crippen LogP) is 3.86. The molecule has 0 saturated carbocycles. The molecule has 0 aliphatic rings. The van der Waals surface area contributed by atoms with E-state index in [2.05, 4.69) is 29.6 Å². The summed E-state index contributed by atoms with van der Waals surface area (Å²) in [6.45, 7) is 0.632. The van der Waals surface area contributed by atoms with E-state index in [1.54, 1.807) is 0 Å². The summed E-state index contributed by atoms with van der Waals surface area (Å²) in [5, 5.41) is 21.3. The molecule has 1 rings (SSSR count). The van der Waals surface area contributed by atoms with Gasteiger partial charge in [0.1, 0.15) is 0 Å². The third kappa shape index (κ3) is 9.84. The van der Waals surface area contributed by atoms with E-state index in [4.69, 9.17) is 10.2 Å². The molecule has 0 heterocycles. The second-order valence-electron chi connectivity index (χ2n) is 5.39. The molecule has 0 radical (unpaired) electrons. The number of aliphatic hydroxyl groups is 2. The predicted molar refractivity (Wildman–Crippen MR) is 93.5 cm³/mol. The van der Waals surface area contributed by atoms with Crippen LogP contribution in [0.15, 0.2) is 30.3 Å². The van der Waals surface area contributed by atoms with Gasteiger partial charge >= 0.3 is 0 Å². The van der Waals surface area contributed by atoms with Gasteiger partial charge < -0.3 is 15.5 Å². The first-order valence-corrected chi connectivity index (χ1v) is 9.99. The van der Waals surface area contributed by atoms with E-state index in [0.717, 1.165) is 32.0 Å². The molecule has 3 nitrogen and oxygen atoms in total. The maximum absolute atomic E-state index is 8.85. The van der Waals surface area contributed by atoms with Gasteiger partial charge in [0.05, 0.1) is 0 Å². The van der Waals surface area contributed by atoms with Crippen LogP contribution in [0.25, 0.3) is 0 Å². The van der Waals surface area contributed by atoms with Crippen LogP contribution >= 0.6 is 7.92 Å². The summed E-state index contributed by atoms with van der Waals surface area (Å²) in [4.78, 5) is 0. The Kier molecular flexibility index (Phi) is 11.5. The number of benzene rings is 1. The highest BCUT2D eigenvalue weighted by atomic mass is 31.1. The topological polar surface area (TPSA) is 52.5 Å². The van der Waals surface area contributed by atoms with Crippen LogP contribution in [0.1, 0.15) is 38.5 Å². The van der Waals surface area contributed by atoms with Gasteiger partial charge in [-0.3, -0.25) is 0 Å². The Labute approximate surface area is 130 Å². The van der Waals surface area contributed by atoms with Crippen LogP contribution in [-0.2, 0) is 0 Å². The number of unbranched alkanes of at least 4 members (excludes halogenated alkanes) is 4. The largest absolute Gasteiger partial charge is 0.396 e. The highest BCUT2D eigenvalue weighted by Gasteiger charge is 2.07. The van der Waals surface area contributed by atoms with Gasteiger partial charge in [0.15, 0.2) is 0 Å². The van der Waals surface area contributed by atoms with Crippen molar-refractivity contribution in [3.63, 3.8) is 0 Å². The molecule has 120 valence electrons. The summed E-state index contributed by atoms with van der Waals surface area (Å²) in [6, 6.07) is 10.4. The summed E-state index contributed by atoms with van der Waals surface area (Å²) in [5.41, 5.74) is 1.20. The molecule has 4 heteroatoms. The minimum Gasteiger partial charge on any atom is -0.396 e. The standard InChI is InChI=1S/C17H30NO2P/c19-12-6-2-8-14-21(15-9-3-7-13-20)16-18-17-10-4-1-5-11-17/h1,4-5,10-11,18-20H,2-3,6-9,12-16H2. The van der Waals surface area contributed by atoms with Crippen molar-refractivity contribution < 1.29 is 10.2 Å². The Hall–Kier alpha value is -0.630. The van der Waals surface area contributed by atoms with Gasteiger partial charge in [0.25, 0.3) is 0 Å². The Morgan fingerprint density at radius 1 is 0.762 bits per heavy atom. The first-order chi connectivity index (χ1) is 10.4. The smallest absolute Gasteiger partial charge is 0.0431 e. The summed E-state index contributed by atoms with van der Waals surface area (Å²) < 4.78 is 0. The summed E-state index contributed by atoms with van der Waals surface area (Å²) in [6.07, 6.45) is 10.2. The lowest BCUT2D eigenvalue weighted by atomic mass is 10.3. The van der Waals surface area contributed by atoms with Crippen molar-refractivity contribution in [3.05, 3.63) is 30.3 Å². The molecule has 0 aliphatic heterocycles. The number of aliphatic hydroxyl groups excluding tert-OH is 2. The highest BCUT2D eigenvalue weighted by Crippen LogP contribution is 2.37. The average molecular weight is 311 g/mol. The van der Waals surface area contributed by atoms with Gasteiger partial charge in [0.2, 0.25) is 0 Å². The minimum atomic E-state index is 0.00806. The third-order valence-corrected chi connectivity index (χ3v) is 6.05. The minimum absolute atomic E-state index is 0.00806. The number of para-hydroxylation sites is 1. The number of nitrogens with one attached hydrogen (secondary N) is 1. The lowest BCUT2D eigenvalue weighted by Gasteiger charge is -2.19. The second-order valence-corrected chi connectivity index (χ2v) is 7.94. The van der Waals surface area contributed by atoms with Crippen LogP contribution < -0.4 is 5.32 Å². The van der Waals surface area contributed by atoms with Crippen LogP contribution in [0, 0.1) is 0 Å². The Balaban J connectivity index is 2.28. The van der Waals surface area contributed by atoms with Crippen LogP contribution in [0.2, 0.25) is 0 Å². The fraction of sp³-hybridized carbons (Fsp3) is 0.647. The van der Waals surface area contributed by atoms with Crippen LogP contribution in [0.5, 0.6) is 0 Å². The Morgan fingerprint density at radius 3 is 1.86 bits per heavy atom. The monoisotopic (exact) mass is 311 g/mol. The molecule has 0 spiro atoms. The van der Waals surface area contributed by atoms with Crippen molar-refractivity contribution in [2.24, 2.45) is 0 Å². The van der Waals surface area contributed by atoms with Crippen LogP contribution in [0.4, 0.5) is 5.69 Å². The SMILES string of the molecule is OCCCCCP(CCCCCO)CNc1ccccc1. The number of hydrogen-bond donors (Lipinski definition) is 3. The van der Waals surface area contributed by atoms with Crippen LogP contribution in [-0.4, -0.2) is 42.0 Å². The van der Waals surface area contributed by atoms with Gasteiger partial charge in [-0.2, -0.15) is 0 Å². The molecular weight excluding hydrogens is 281 g/mol. The number of rotatable bonds is 13. The highest BCUT2D eigenvalue weighted by molar-refractivity contribution is 7.57. The average Bonchev–Trinajstić information content (AvgIpc) is 2.53. The van der Waals surface area contributed by atoms with Crippen molar-refractivity contribution in [1.82, 2.24) is 0 Å². The molecule has 0 amide bonds. The summed E-state index contributed by atoms with van der Waals surface area (Å²) in [7, 11) is 0.00806. The fourth-order valence-electron chi connectivity index (χ4n) is 2.28. The third-order valence-electron chi connectivity index (χ3n) is 3.55. The van der Waals surface area contributed by atoms with Gasteiger partial charge in [-0.25, -0.2) is 0 Å². The van der Waals surface area contributed by atoms with E-state index < -0.39 is 0 Å². The molecule has 0 aromatic heterocycles. The lowest BCUT2D eigenvalue weighted by Crippen LogP contribution is -2.05. The quantitative estimate of drug-likeness (QED) is 0.383. The molecule has 1 aromatic rings. The number of anilines is 1.